The molecule has 1 aliphatic heterocycles. The van der Waals surface area contributed by atoms with Crippen LogP contribution in [0.3, 0.4) is 0 Å². The third-order valence-corrected chi connectivity index (χ3v) is 11.6. The predicted octanol–water partition coefficient (Wildman–Crippen LogP) is 6.54. The molecule has 0 radical (unpaired) electrons. The number of carbonyl (C=O) groups excluding carboxylic acids is 8. The molecular weight excluding hydrogens is 975 g/mol. The summed E-state index contributed by atoms with van der Waals surface area (Å²) >= 11 is 0. The quantitative estimate of drug-likeness (QED) is 0.0306. The molecule has 3 aromatic carbocycles. The molecule has 0 aliphatic carbocycles. The van der Waals surface area contributed by atoms with Gasteiger partial charge in [0.1, 0.15) is 40.5 Å². The summed E-state index contributed by atoms with van der Waals surface area (Å²) in [6.45, 7) is 15.6. The van der Waals surface area contributed by atoms with Crippen LogP contribution in [0.4, 0.5) is 14.4 Å². The minimum Gasteiger partial charge on any atom is -0.467 e. The first-order valence-corrected chi connectivity index (χ1v) is 25.6. The van der Waals surface area contributed by atoms with Crippen LogP contribution >= 0.6 is 0 Å². The van der Waals surface area contributed by atoms with Crippen molar-refractivity contribution in [2.24, 2.45) is 0 Å². The lowest BCUT2D eigenvalue weighted by molar-refractivity contribution is -0.153. The van der Waals surface area contributed by atoms with Crippen molar-refractivity contribution in [3.63, 3.8) is 0 Å². The molecule has 1 aliphatic rings. The summed E-state index contributed by atoms with van der Waals surface area (Å²) in [6.07, 6.45) is -1.88. The molecule has 76 heavy (non-hydrogen) atoms. The maximum Gasteiger partial charge on any atom is 0.408 e. The Labute approximate surface area is 447 Å². The largest absolute Gasteiger partial charge is 0.467 e. The predicted molar refractivity (Wildman–Crippen MR) is 285 cm³/mol. The van der Waals surface area contributed by atoms with E-state index in [0.29, 0.717) is 29.5 Å². The summed E-state index contributed by atoms with van der Waals surface area (Å²) < 4.78 is 21.4. The molecule has 4 atom stereocenters. The number of hydrogen-bond donors (Lipinski definition) is 6. The molecule has 7 amide bonds. The number of benzene rings is 3. The number of esters is 1. The van der Waals surface area contributed by atoms with Gasteiger partial charge < -0.3 is 55.7 Å². The Bertz CT molecular complexity index is 2490. The third-order valence-electron chi connectivity index (χ3n) is 11.6. The Hall–Kier alpha value is -7.62. The van der Waals surface area contributed by atoms with Crippen molar-refractivity contribution in [3.05, 3.63) is 108 Å². The highest BCUT2D eigenvalue weighted by Crippen LogP contribution is 2.26. The molecular formula is C57H77N7O12. The molecule has 0 saturated carbocycles. The number of alkyl carbamates (subject to hydrolysis) is 3. The monoisotopic (exact) mass is 1050 g/mol. The molecule has 0 spiro atoms. The molecule has 3 aromatic rings. The lowest BCUT2D eigenvalue weighted by Crippen LogP contribution is -2.63. The highest BCUT2D eigenvalue weighted by atomic mass is 16.6. The number of piperidine rings is 1. The van der Waals surface area contributed by atoms with E-state index < -0.39 is 94.4 Å². The van der Waals surface area contributed by atoms with E-state index in [1.807, 2.05) is 12.1 Å². The van der Waals surface area contributed by atoms with E-state index in [1.54, 1.807) is 141 Å². The summed E-state index contributed by atoms with van der Waals surface area (Å²) in [4.78, 5) is 111. The molecule has 1 fully saturated rings. The zero-order valence-corrected chi connectivity index (χ0v) is 45.6. The van der Waals surface area contributed by atoms with Gasteiger partial charge in [0.15, 0.2) is 0 Å². The van der Waals surface area contributed by atoms with Crippen molar-refractivity contribution < 1.29 is 57.3 Å². The van der Waals surface area contributed by atoms with Gasteiger partial charge in [-0.2, -0.15) is 0 Å². The Kier molecular flexibility index (Phi) is 22.7. The van der Waals surface area contributed by atoms with Gasteiger partial charge in [-0.1, -0.05) is 90.7 Å². The van der Waals surface area contributed by atoms with Crippen molar-refractivity contribution in [1.29, 1.82) is 0 Å². The van der Waals surface area contributed by atoms with E-state index >= 15 is 0 Å². The maximum atomic E-state index is 14.7. The molecule has 19 nitrogen and oxygen atoms in total. The molecule has 0 aromatic heterocycles. The van der Waals surface area contributed by atoms with Crippen LogP contribution in [-0.4, -0.2) is 120 Å². The fourth-order valence-corrected chi connectivity index (χ4v) is 8.05. The number of carbonyl (C=O) groups is 8. The zero-order valence-electron chi connectivity index (χ0n) is 45.6. The van der Waals surface area contributed by atoms with Gasteiger partial charge in [0.2, 0.25) is 23.6 Å². The van der Waals surface area contributed by atoms with Crippen molar-refractivity contribution >= 4 is 47.9 Å². The number of nitrogens with one attached hydrogen (secondary N) is 6. The van der Waals surface area contributed by atoms with Gasteiger partial charge >= 0.3 is 24.2 Å². The summed E-state index contributed by atoms with van der Waals surface area (Å²) in [7, 11) is 1.20. The number of ether oxygens (including phenoxy) is 4. The van der Waals surface area contributed by atoms with E-state index in [1.165, 1.54) is 12.0 Å². The Balaban J connectivity index is 1.64. The van der Waals surface area contributed by atoms with E-state index in [0.717, 1.165) is 0 Å². The van der Waals surface area contributed by atoms with E-state index in [-0.39, 0.29) is 58.2 Å². The second-order valence-electron chi connectivity index (χ2n) is 21.6. The van der Waals surface area contributed by atoms with Crippen LogP contribution in [-0.2, 0) is 49.3 Å². The normalized spacial score (nSPS) is 14.8. The minimum absolute atomic E-state index is 0.0151. The fourth-order valence-electron chi connectivity index (χ4n) is 8.05. The van der Waals surface area contributed by atoms with Gasteiger partial charge in [0.05, 0.1) is 19.6 Å². The number of methoxy groups -OCH3 is 1. The molecule has 6 N–H and O–H groups in total. The van der Waals surface area contributed by atoms with Crippen molar-refractivity contribution in [3.8, 4) is 11.8 Å². The molecule has 1 saturated heterocycles. The highest BCUT2D eigenvalue weighted by molar-refractivity contribution is 5.95. The van der Waals surface area contributed by atoms with Gasteiger partial charge in [-0.25, -0.2) is 19.2 Å². The van der Waals surface area contributed by atoms with E-state index in [2.05, 4.69) is 43.7 Å². The number of hydrogen-bond acceptors (Lipinski definition) is 12. The van der Waals surface area contributed by atoms with Crippen molar-refractivity contribution in [2.75, 3.05) is 26.7 Å². The second-order valence-corrected chi connectivity index (χ2v) is 21.6. The second kappa shape index (κ2) is 28.3. The van der Waals surface area contributed by atoms with Crippen LogP contribution in [0, 0.1) is 11.8 Å². The smallest absolute Gasteiger partial charge is 0.408 e. The highest BCUT2D eigenvalue weighted by Gasteiger charge is 2.46. The summed E-state index contributed by atoms with van der Waals surface area (Å²) in [5.41, 5.74) is -1.93. The van der Waals surface area contributed by atoms with Gasteiger partial charge in [0.25, 0.3) is 0 Å². The maximum absolute atomic E-state index is 14.7. The summed E-state index contributed by atoms with van der Waals surface area (Å²) in [5.74, 6) is 2.77. The number of likely N-dealkylation sites (tertiary alicyclic amines) is 1. The van der Waals surface area contributed by atoms with Crippen LogP contribution < -0.4 is 31.9 Å². The Morgan fingerprint density at radius 2 is 1.14 bits per heavy atom. The van der Waals surface area contributed by atoms with Crippen molar-refractivity contribution in [1.82, 2.24) is 36.8 Å². The lowest BCUT2D eigenvalue weighted by Gasteiger charge is -2.41. The van der Waals surface area contributed by atoms with Crippen LogP contribution in [0.15, 0.2) is 91.0 Å². The van der Waals surface area contributed by atoms with E-state index in [4.69, 9.17) is 18.9 Å². The van der Waals surface area contributed by atoms with E-state index in [9.17, 15) is 38.4 Å². The number of rotatable bonds is 20. The molecule has 0 bridgehead atoms. The molecule has 4 rings (SSSR count). The van der Waals surface area contributed by atoms with Gasteiger partial charge in [-0.15, -0.1) is 0 Å². The lowest BCUT2D eigenvalue weighted by atomic mass is 9.87. The average molecular weight is 1050 g/mol. The number of unbranched alkanes of at least 4 members (excludes halogenated alkanes) is 1. The van der Waals surface area contributed by atoms with Crippen LogP contribution in [0.5, 0.6) is 0 Å². The minimum atomic E-state index is -1.50. The standard InChI is InChI=1S/C57H77N7O12/c1-54(2,3)74-51(70)58-34-21-20-30-43(49(68)64-35-32-57(33-36-64,50(69)73-10)63-53(72)76-56(7,8)9)61-47(66)42(31-22-27-39-23-14-11-15-24-39)60-48(67)45(37-40-25-16-12-17-26-40)59-46(65)38-44(41-28-18-13-19-29-41)62-52(71)75-55(4,5)6/h11-19,23-26,28-29,42-45H,20-21,30-38H2,1-10H3,(H,58,70)(H,59,65)(H,60,67)(H,61,66)(H,62,71)(H,63,72)/t42-,43-,44?,45-/m1/s1. The fraction of sp³-hybridized carbons (Fsp3) is 0.509. The molecule has 1 unspecified atom stereocenters. The molecule has 1 heterocycles. The van der Waals surface area contributed by atoms with Crippen LogP contribution in [0.1, 0.15) is 130 Å². The van der Waals surface area contributed by atoms with Gasteiger partial charge in [0, 0.05) is 38.0 Å². The Morgan fingerprint density at radius 3 is 1.72 bits per heavy atom. The molecule has 412 valence electrons. The first kappa shape index (κ1) is 60.9. The topological polar surface area (TPSA) is 249 Å². The number of nitrogens with zero attached hydrogens (tertiary/aromatic N) is 1. The van der Waals surface area contributed by atoms with Crippen LogP contribution in [0.2, 0.25) is 0 Å². The Morgan fingerprint density at radius 1 is 0.618 bits per heavy atom. The van der Waals surface area contributed by atoms with Gasteiger partial charge in [-0.05, 0) is 118 Å². The first-order valence-electron chi connectivity index (χ1n) is 25.6. The first-order chi connectivity index (χ1) is 35.7. The van der Waals surface area contributed by atoms with Crippen molar-refractivity contribution in [2.45, 2.75) is 160 Å². The summed E-state index contributed by atoms with van der Waals surface area (Å²) in [6, 6.07) is 22.2. The van der Waals surface area contributed by atoms with Gasteiger partial charge in [-0.3, -0.25) is 19.2 Å². The third kappa shape index (κ3) is 21.7. The van der Waals surface area contributed by atoms with Crippen LogP contribution in [0.25, 0.3) is 0 Å². The zero-order chi connectivity index (χ0) is 56.1. The summed E-state index contributed by atoms with van der Waals surface area (Å²) in [5, 5.41) is 16.7. The number of amides is 7. The SMILES string of the molecule is COC(=O)C1(NC(=O)OC(C)(C)C)CCN(C(=O)[C@@H](CCCCNC(=O)OC(C)(C)C)NC(=O)[C@@H](CC#Cc2ccccc2)NC(=O)[C@@H](Cc2ccccc2)NC(=O)CC(NC(=O)OC(C)(C)C)c2ccccc2)CC1. The molecule has 19 heteroatoms. The average Bonchev–Trinajstić information content (AvgIpc) is 3.34.